The molecule has 1 aromatic carbocycles. The molecule has 1 aliphatic rings. The summed E-state index contributed by atoms with van der Waals surface area (Å²) in [5.41, 5.74) is -1.91. The zero-order valence-electron chi connectivity index (χ0n) is 13.0. The number of hydrogen-bond acceptors (Lipinski definition) is 3. The minimum Gasteiger partial charge on any atom is -0.465 e. The van der Waals surface area contributed by atoms with Crippen LogP contribution >= 0.6 is 0 Å². The number of benzene rings is 1. The maximum atomic E-state index is 14.0. The van der Waals surface area contributed by atoms with Crippen LogP contribution in [0.5, 0.6) is 0 Å². The second-order valence-corrected chi connectivity index (χ2v) is 5.95. The molecule has 22 heavy (non-hydrogen) atoms. The first-order chi connectivity index (χ1) is 10.5. The molecule has 1 fully saturated rings. The zero-order chi connectivity index (χ0) is 16.2. The van der Waals surface area contributed by atoms with Crippen LogP contribution in [0.25, 0.3) is 0 Å². The molecule has 0 aromatic heterocycles. The van der Waals surface area contributed by atoms with Gasteiger partial charge in [0.25, 0.3) is 0 Å². The number of halogens is 1. The van der Waals surface area contributed by atoms with Gasteiger partial charge in [0.05, 0.1) is 12.2 Å². The third-order valence-electron chi connectivity index (χ3n) is 4.68. The lowest BCUT2D eigenvalue weighted by Crippen LogP contribution is -2.51. The van der Waals surface area contributed by atoms with Crippen molar-refractivity contribution in [3.63, 3.8) is 0 Å². The molecule has 1 aliphatic carbocycles. The van der Waals surface area contributed by atoms with E-state index in [9.17, 15) is 14.3 Å². The quantitative estimate of drug-likeness (QED) is 0.647. The van der Waals surface area contributed by atoms with Crippen LogP contribution in [0, 0.1) is 11.2 Å². The monoisotopic (exact) mass is 306 g/mol. The van der Waals surface area contributed by atoms with Crippen LogP contribution < -0.4 is 0 Å². The number of carbonyl (C=O) groups is 1. The maximum Gasteiger partial charge on any atom is 0.315 e. The van der Waals surface area contributed by atoms with Gasteiger partial charge in [-0.3, -0.25) is 4.79 Å². The molecule has 4 heteroatoms. The lowest BCUT2D eigenvalue weighted by Gasteiger charge is -2.40. The van der Waals surface area contributed by atoms with Gasteiger partial charge in [0.2, 0.25) is 0 Å². The molecule has 0 unspecified atom stereocenters. The number of rotatable bonds is 6. The second kappa shape index (κ2) is 6.61. The van der Waals surface area contributed by atoms with Crippen molar-refractivity contribution < 1.29 is 19.0 Å². The Kier molecular flexibility index (Phi) is 5.01. The number of aliphatic hydroxyl groups is 1. The van der Waals surface area contributed by atoms with Crippen molar-refractivity contribution >= 4 is 5.97 Å². The lowest BCUT2D eigenvalue weighted by atomic mass is 9.68. The molecule has 0 aliphatic heterocycles. The number of ether oxygens (including phenoxy) is 1. The summed E-state index contributed by atoms with van der Waals surface area (Å²) in [5, 5.41) is 11.1. The van der Waals surface area contributed by atoms with Crippen LogP contribution in [0.3, 0.4) is 0 Å². The maximum absolute atomic E-state index is 14.0. The van der Waals surface area contributed by atoms with Crippen LogP contribution in [-0.4, -0.2) is 23.3 Å². The highest BCUT2D eigenvalue weighted by Crippen LogP contribution is 2.51. The zero-order valence-corrected chi connectivity index (χ0v) is 13.0. The molecule has 0 spiro atoms. The molecule has 0 amide bonds. The van der Waals surface area contributed by atoms with Gasteiger partial charge >= 0.3 is 5.97 Å². The summed E-state index contributed by atoms with van der Waals surface area (Å²) in [6.45, 7) is 5.65. The molecular weight excluding hydrogens is 283 g/mol. The van der Waals surface area contributed by atoms with Gasteiger partial charge in [0, 0.05) is 0 Å². The van der Waals surface area contributed by atoms with E-state index in [0.29, 0.717) is 31.2 Å². The van der Waals surface area contributed by atoms with Crippen LogP contribution in [0.2, 0.25) is 0 Å². The average molecular weight is 306 g/mol. The highest BCUT2D eigenvalue weighted by Gasteiger charge is 2.59. The topological polar surface area (TPSA) is 46.5 Å². The Morgan fingerprint density at radius 2 is 2.18 bits per heavy atom. The fourth-order valence-electron chi connectivity index (χ4n) is 3.54. The fourth-order valence-corrected chi connectivity index (χ4v) is 3.54. The van der Waals surface area contributed by atoms with E-state index in [1.807, 2.05) is 0 Å². The Bertz CT molecular complexity index is 557. The van der Waals surface area contributed by atoms with Gasteiger partial charge in [-0.2, -0.15) is 0 Å². The lowest BCUT2D eigenvalue weighted by molar-refractivity contribution is -0.171. The van der Waals surface area contributed by atoms with Crippen molar-refractivity contribution in [3.8, 4) is 0 Å². The molecule has 3 nitrogen and oxygen atoms in total. The summed E-state index contributed by atoms with van der Waals surface area (Å²) in [5.74, 6) is -0.806. The first kappa shape index (κ1) is 16.7. The van der Waals surface area contributed by atoms with Crippen LogP contribution in [0.4, 0.5) is 4.39 Å². The van der Waals surface area contributed by atoms with Crippen molar-refractivity contribution in [2.75, 3.05) is 6.61 Å². The van der Waals surface area contributed by atoms with Gasteiger partial charge in [0.1, 0.15) is 11.2 Å². The standard InChI is InChI=1S/C18H23FO3/c1-3-10-18(21)12-7-11-17(18,16(20)22-4-2)13-14-8-5-6-9-15(14)19/h3,5-6,8-9,21H,1,4,7,10-13H2,2H3/t17-,18-/m1/s1. The highest BCUT2D eigenvalue weighted by atomic mass is 19.1. The predicted octanol–water partition coefficient (Wildman–Crippen LogP) is 3.41. The molecule has 1 saturated carbocycles. The fraction of sp³-hybridized carbons (Fsp3) is 0.500. The predicted molar refractivity (Wildman–Crippen MR) is 82.8 cm³/mol. The van der Waals surface area contributed by atoms with E-state index in [4.69, 9.17) is 4.74 Å². The van der Waals surface area contributed by atoms with Crippen LogP contribution in [-0.2, 0) is 16.0 Å². The Morgan fingerprint density at radius 3 is 2.82 bits per heavy atom. The molecule has 1 N–H and O–H groups in total. The van der Waals surface area contributed by atoms with Crippen molar-refractivity contribution in [1.82, 2.24) is 0 Å². The van der Waals surface area contributed by atoms with Gasteiger partial charge in [-0.25, -0.2) is 4.39 Å². The number of carbonyl (C=O) groups excluding carboxylic acids is 1. The molecule has 0 bridgehead atoms. The van der Waals surface area contributed by atoms with E-state index in [1.165, 1.54) is 6.07 Å². The first-order valence-corrected chi connectivity index (χ1v) is 7.73. The van der Waals surface area contributed by atoms with E-state index in [2.05, 4.69) is 6.58 Å². The average Bonchev–Trinajstić information content (AvgIpc) is 2.80. The Morgan fingerprint density at radius 1 is 1.45 bits per heavy atom. The number of hydrogen-bond donors (Lipinski definition) is 1. The molecule has 1 aromatic rings. The molecule has 0 saturated heterocycles. The largest absolute Gasteiger partial charge is 0.465 e. The molecule has 120 valence electrons. The van der Waals surface area contributed by atoms with Gasteiger partial charge in [-0.05, 0) is 50.7 Å². The first-order valence-electron chi connectivity index (χ1n) is 7.73. The van der Waals surface area contributed by atoms with E-state index < -0.39 is 17.0 Å². The Labute approximate surface area is 130 Å². The summed E-state index contributed by atoms with van der Waals surface area (Å²) in [4.78, 5) is 12.6. The summed E-state index contributed by atoms with van der Waals surface area (Å²) in [6, 6.07) is 6.37. The Balaban J connectivity index is 2.44. The molecule has 0 heterocycles. The smallest absolute Gasteiger partial charge is 0.315 e. The summed E-state index contributed by atoms with van der Waals surface area (Å²) >= 11 is 0. The van der Waals surface area contributed by atoms with E-state index >= 15 is 0 Å². The molecule has 2 rings (SSSR count). The van der Waals surface area contributed by atoms with Gasteiger partial charge < -0.3 is 9.84 Å². The minimum atomic E-state index is -1.23. The van der Waals surface area contributed by atoms with Crippen molar-refractivity contribution in [3.05, 3.63) is 48.3 Å². The van der Waals surface area contributed by atoms with Crippen LogP contribution in [0.15, 0.2) is 36.9 Å². The SMILES string of the molecule is C=CC[C@@]1(O)CCC[C@@]1(Cc1ccccc1F)C(=O)OCC. The Hall–Kier alpha value is -1.68. The summed E-state index contributed by atoms with van der Waals surface area (Å²) in [6.07, 6.45) is 3.73. The molecule has 2 atom stereocenters. The summed E-state index contributed by atoms with van der Waals surface area (Å²) in [7, 11) is 0. The van der Waals surface area contributed by atoms with Crippen LogP contribution in [0.1, 0.15) is 38.2 Å². The van der Waals surface area contributed by atoms with Crippen molar-refractivity contribution in [2.45, 2.75) is 44.6 Å². The van der Waals surface area contributed by atoms with E-state index in [1.54, 1.807) is 31.2 Å². The van der Waals surface area contributed by atoms with Gasteiger partial charge in [-0.1, -0.05) is 24.3 Å². The van der Waals surface area contributed by atoms with E-state index in [-0.39, 0.29) is 18.8 Å². The summed E-state index contributed by atoms with van der Waals surface area (Å²) < 4.78 is 19.3. The van der Waals surface area contributed by atoms with Crippen molar-refractivity contribution in [2.24, 2.45) is 5.41 Å². The third-order valence-corrected chi connectivity index (χ3v) is 4.68. The number of esters is 1. The van der Waals surface area contributed by atoms with Gasteiger partial charge in [0.15, 0.2) is 0 Å². The molecule has 0 radical (unpaired) electrons. The van der Waals surface area contributed by atoms with E-state index in [0.717, 1.165) is 0 Å². The molecular formula is C18H23FO3. The van der Waals surface area contributed by atoms with Gasteiger partial charge in [-0.15, -0.1) is 6.58 Å². The third kappa shape index (κ3) is 2.80. The highest BCUT2D eigenvalue weighted by molar-refractivity contribution is 5.79. The second-order valence-electron chi connectivity index (χ2n) is 5.95. The van der Waals surface area contributed by atoms with Crippen molar-refractivity contribution in [1.29, 1.82) is 0 Å². The normalized spacial score (nSPS) is 27.6. The minimum absolute atomic E-state index is 0.142.